The Morgan fingerprint density at radius 2 is 2.22 bits per heavy atom. The Labute approximate surface area is 111 Å². The van der Waals surface area contributed by atoms with Crippen LogP contribution in [0.3, 0.4) is 0 Å². The Bertz CT molecular complexity index is 537. The van der Waals surface area contributed by atoms with Gasteiger partial charge in [-0.15, -0.1) is 0 Å². The fourth-order valence-electron chi connectivity index (χ4n) is 1.69. The van der Waals surface area contributed by atoms with Gasteiger partial charge in [-0.25, -0.2) is 0 Å². The lowest BCUT2D eigenvalue weighted by Crippen LogP contribution is -2.17. The molecule has 1 aromatic heterocycles. The molecule has 1 aromatic carbocycles. The van der Waals surface area contributed by atoms with E-state index in [0.29, 0.717) is 16.5 Å². The van der Waals surface area contributed by atoms with E-state index in [-0.39, 0.29) is 6.04 Å². The maximum Gasteiger partial charge on any atom is 0.165 e. The van der Waals surface area contributed by atoms with E-state index in [1.54, 1.807) is 23.1 Å². The van der Waals surface area contributed by atoms with Gasteiger partial charge in [0.05, 0.1) is 12.4 Å². The quantitative estimate of drug-likeness (QED) is 0.925. The largest absolute Gasteiger partial charge is 0.454 e. The summed E-state index contributed by atoms with van der Waals surface area (Å²) < 4.78 is 7.32. The molecule has 0 spiro atoms. The average Bonchev–Trinajstić information content (AvgIpc) is 2.68. The van der Waals surface area contributed by atoms with E-state index in [1.807, 2.05) is 26.1 Å². The number of nitrogens with zero attached hydrogens (tertiary/aromatic N) is 2. The van der Waals surface area contributed by atoms with Crippen molar-refractivity contribution in [2.24, 2.45) is 12.8 Å². The van der Waals surface area contributed by atoms with Crippen LogP contribution >= 0.6 is 11.6 Å². The summed E-state index contributed by atoms with van der Waals surface area (Å²) in [6, 6.07) is 5.72. The predicted octanol–water partition coefficient (Wildman–Crippen LogP) is 2.76. The number of rotatable bonds is 4. The first-order chi connectivity index (χ1) is 8.54. The summed E-state index contributed by atoms with van der Waals surface area (Å²) >= 11 is 6.19. The van der Waals surface area contributed by atoms with Crippen LogP contribution in [0.25, 0.3) is 0 Å². The first kappa shape index (κ1) is 12.9. The van der Waals surface area contributed by atoms with Crippen LogP contribution in [-0.4, -0.2) is 15.8 Å². The molecule has 1 atom stereocenters. The summed E-state index contributed by atoms with van der Waals surface area (Å²) in [5, 5.41) is 4.71. The zero-order valence-corrected chi connectivity index (χ0v) is 11.2. The lowest BCUT2D eigenvalue weighted by molar-refractivity contribution is 0.481. The highest BCUT2D eigenvalue weighted by atomic mass is 35.5. The normalized spacial score (nSPS) is 12.4. The summed E-state index contributed by atoms with van der Waals surface area (Å²) in [5.41, 5.74) is 6.79. The topological polar surface area (TPSA) is 53.1 Å². The van der Waals surface area contributed by atoms with E-state index < -0.39 is 0 Å². The number of hydrogen-bond donors (Lipinski definition) is 1. The van der Waals surface area contributed by atoms with Crippen LogP contribution in [0.4, 0.5) is 0 Å². The number of hydrogen-bond acceptors (Lipinski definition) is 3. The summed E-state index contributed by atoms with van der Waals surface area (Å²) in [6.45, 7) is 1.95. The summed E-state index contributed by atoms with van der Waals surface area (Å²) in [6.07, 6.45) is 4.21. The molecule has 0 saturated carbocycles. The Morgan fingerprint density at radius 3 is 2.78 bits per heavy atom. The van der Waals surface area contributed by atoms with Crippen LogP contribution in [0.2, 0.25) is 5.02 Å². The third-order valence-corrected chi connectivity index (χ3v) is 2.84. The van der Waals surface area contributed by atoms with Crippen LogP contribution in [0.5, 0.6) is 11.5 Å². The van der Waals surface area contributed by atoms with Crippen molar-refractivity contribution in [3.8, 4) is 11.5 Å². The molecule has 2 rings (SSSR count). The average molecular weight is 266 g/mol. The lowest BCUT2D eigenvalue weighted by atomic mass is 10.1. The molecule has 96 valence electrons. The molecule has 1 heterocycles. The Hall–Kier alpha value is -1.52. The van der Waals surface area contributed by atoms with Gasteiger partial charge >= 0.3 is 0 Å². The van der Waals surface area contributed by atoms with Gasteiger partial charge in [-0.2, -0.15) is 5.10 Å². The van der Waals surface area contributed by atoms with Gasteiger partial charge in [0, 0.05) is 18.1 Å². The Kier molecular flexibility index (Phi) is 3.89. The van der Waals surface area contributed by atoms with Gasteiger partial charge in [0.1, 0.15) is 5.75 Å². The molecule has 0 radical (unpaired) electrons. The standard InChI is InChI=1S/C13H16ClN3O/c1-9(15)5-10-3-4-11(6-13(10)14)18-12-7-16-17(2)8-12/h3-4,6-9H,5,15H2,1-2H3. The van der Waals surface area contributed by atoms with Gasteiger partial charge in [-0.1, -0.05) is 17.7 Å². The number of aryl methyl sites for hydroxylation is 1. The van der Waals surface area contributed by atoms with E-state index in [9.17, 15) is 0 Å². The van der Waals surface area contributed by atoms with Gasteiger partial charge in [-0.05, 0) is 31.0 Å². The number of halogens is 1. The fourth-order valence-corrected chi connectivity index (χ4v) is 1.94. The van der Waals surface area contributed by atoms with Crippen molar-refractivity contribution in [3.05, 3.63) is 41.2 Å². The molecule has 0 saturated heterocycles. The third-order valence-electron chi connectivity index (χ3n) is 2.48. The summed E-state index contributed by atoms with van der Waals surface area (Å²) in [7, 11) is 1.84. The van der Waals surface area contributed by atoms with Crippen molar-refractivity contribution in [1.82, 2.24) is 9.78 Å². The zero-order valence-electron chi connectivity index (χ0n) is 10.4. The maximum absolute atomic E-state index is 6.19. The molecule has 0 aliphatic carbocycles. The zero-order chi connectivity index (χ0) is 13.1. The number of nitrogens with two attached hydrogens (primary N) is 1. The monoisotopic (exact) mass is 265 g/mol. The molecule has 2 N–H and O–H groups in total. The summed E-state index contributed by atoms with van der Waals surface area (Å²) in [4.78, 5) is 0. The minimum atomic E-state index is 0.0904. The van der Waals surface area contributed by atoms with Gasteiger partial charge in [-0.3, -0.25) is 4.68 Å². The van der Waals surface area contributed by atoms with Crippen LogP contribution in [-0.2, 0) is 13.5 Å². The van der Waals surface area contributed by atoms with Gasteiger partial charge in [0.2, 0.25) is 0 Å². The first-order valence-electron chi connectivity index (χ1n) is 5.75. The van der Waals surface area contributed by atoms with Crippen LogP contribution in [0.15, 0.2) is 30.6 Å². The second-order valence-electron chi connectivity index (χ2n) is 4.39. The second-order valence-corrected chi connectivity index (χ2v) is 4.79. The van der Waals surface area contributed by atoms with E-state index in [2.05, 4.69) is 5.10 Å². The first-order valence-corrected chi connectivity index (χ1v) is 6.13. The molecule has 0 fully saturated rings. The fraction of sp³-hybridized carbons (Fsp3) is 0.308. The Morgan fingerprint density at radius 1 is 1.44 bits per heavy atom. The van der Waals surface area contributed by atoms with Crippen molar-refractivity contribution in [2.75, 3.05) is 0 Å². The molecule has 0 aliphatic rings. The van der Waals surface area contributed by atoms with Crippen LogP contribution < -0.4 is 10.5 Å². The minimum Gasteiger partial charge on any atom is -0.454 e. The highest BCUT2D eigenvalue weighted by molar-refractivity contribution is 6.31. The van der Waals surface area contributed by atoms with Crippen molar-refractivity contribution in [3.63, 3.8) is 0 Å². The van der Waals surface area contributed by atoms with E-state index in [1.165, 1.54) is 0 Å². The van der Waals surface area contributed by atoms with Crippen molar-refractivity contribution < 1.29 is 4.74 Å². The van der Waals surface area contributed by atoms with E-state index in [0.717, 1.165) is 12.0 Å². The lowest BCUT2D eigenvalue weighted by Gasteiger charge is -2.09. The van der Waals surface area contributed by atoms with Gasteiger partial charge in [0.25, 0.3) is 0 Å². The van der Waals surface area contributed by atoms with Crippen LogP contribution in [0, 0.1) is 0 Å². The highest BCUT2D eigenvalue weighted by Gasteiger charge is 2.06. The molecular weight excluding hydrogens is 250 g/mol. The molecule has 5 heteroatoms. The van der Waals surface area contributed by atoms with Gasteiger partial charge in [0.15, 0.2) is 5.75 Å². The molecule has 2 aromatic rings. The molecule has 18 heavy (non-hydrogen) atoms. The molecule has 4 nitrogen and oxygen atoms in total. The van der Waals surface area contributed by atoms with Crippen molar-refractivity contribution >= 4 is 11.6 Å². The highest BCUT2D eigenvalue weighted by Crippen LogP contribution is 2.27. The van der Waals surface area contributed by atoms with Gasteiger partial charge < -0.3 is 10.5 Å². The maximum atomic E-state index is 6.19. The third kappa shape index (κ3) is 3.24. The molecule has 0 bridgehead atoms. The van der Waals surface area contributed by atoms with Crippen LogP contribution in [0.1, 0.15) is 12.5 Å². The van der Waals surface area contributed by atoms with Crippen molar-refractivity contribution in [1.29, 1.82) is 0 Å². The second kappa shape index (κ2) is 5.42. The predicted molar refractivity (Wildman–Crippen MR) is 72.1 cm³/mol. The molecule has 0 aliphatic heterocycles. The number of benzene rings is 1. The molecule has 0 amide bonds. The molecule has 1 unspecified atom stereocenters. The Balaban J connectivity index is 2.13. The number of ether oxygens (including phenoxy) is 1. The number of aromatic nitrogens is 2. The van der Waals surface area contributed by atoms with E-state index >= 15 is 0 Å². The SMILES string of the molecule is CC(N)Cc1ccc(Oc2cnn(C)c2)cc1Cl. The minimum absolute atomic E-state index is 0.0904. The smallest absolute Gasteiger partial charge is 0.165 e. The molecular formula is C13H16ClN3O. The van der Waals surface area contributed by atoms with E-state index in [4.69, 9.17) is 22.1 Å². The van der Waals surface area contributed by atoms with Crippen molar-refractivity contribution in [2.45, 2.75) is 19.4 Å². The summed E-state index contributed by atoms with van der Waals surface area (Å²) in [5.74, 6) is 1.38.